The number of rotatable bonds is 5. The summed E-state index contributed by atoms with van der Waals surface area (Å²) in [6, 6.07) is 8.19. The number of anilines is 1. The van der Waals surface area contributed by atoms with E-state index in [9.17, 15) is 0 Å². The van der Waals surface area contributed by atoms with Crippen LogP contribution in [-0.2, 0) is 4.74 Å². The maximum atomic E-state index is 6.00. The van der Waals surface area contributed by atoms with E-state index in [0.29, 0.717) is 30.1 Å². The lowest BCUT2D eigenvalue weighted by Gasteiger charge is -2.11. The molecule has 0 unspecified atom stereocenters. The van der Waals surface area contributed by atoms with Gasteiger partial charge < -0.3 is 20.3 Å². The number of aliphatic imine (C=N–C) groups is 1. The quantitative estimate of drug-likeness (QED) is 0.639. The standard InChI is InChI=1S/C18H25N5O2/c1-11(2)13-5-4-6-14(9-13)22-18(19)20-10-15-7-8-16(24-15)17-21-12(3)23-25-17/h4-6,9,11,15-16H,7-8,10H2,1-3H3,(H3,19,20,22)/t15-,16+/m1/s1. The van der Waals surface area contributed by atoms with Crippen LogP contribution in [0.3, 0.4) is 0 Å². The Morgan fingerprint density at radius 3 is 2.96 bits per heavy atom. The van der Waals surface area contributed by atoms with Gasteiger partial charge in [0.2, 0.25) is 0 Å². The molecule has 7 nitrogen and oxygen atoms in total. The van der Waals surface area contributed by atoms with E-state index in [0.717, 1.165) is 18.5 Å². The van der Waals surface area contributed by atoms with E-state index in [1.807, 2.05) is 12.1 Å². The Morgan fingerprint density at radius 2 is 2.24 bits per heavy atom. The average Bonchev–Trinajstić information content (AvgIpc) is 3.22. The fraction of sp³-hybridized carbons (Fsp3) is 0.500. The van der Waals surface area contributed by atoms with Crippen LogP contribution in [-0.4, -0.2) is 28.7 Å². The Balaban J connectivity index is 1.53. The van der Waals surface area contributed by atoms with Crippen molar-refractivity contribution < 1.29 is 9.26 Å². The maximum absolute atomic E-state index is 6.00. The van der Waals surface area contributed by atoms with Gasteiger partial charge in [0.15, 0.2) is 11.8 Å². The second-order valence-corrected chi connectivity index (χ2v) is 6.64. The molecule has 0 spiro atoms. The van der Waals surface area contributed by atoms with Crippen LogP contribution in [0.1, 0.15) is 56.0 Å². The fourth-order valence-corrected chi connectivity index (χ4v) is 2.83. The molecule has 1 fully saturated rings. The smallest absolute Gasteiger partial charge is 0.255 e. The molecule has 2 aromatic rings. The molecule has 3 N–H and O–H groups in total. The van der Waals surface area contributed by atoms with E-state index in [1.54, 1.807) is 6.92 Å². The van der Waals surface area contributed by atoms with Gasteiger partial charge in [-0.3, -0.25) is 4.99 Å². The molecule has 0 aliphatic carbocycles. The molecule has 0 saturated carbocycles. The number of aromatic nitrogens is 2. The van der Waals surface area contributed by atoms with E-state index in [2.05, 4.69) is 46.4 Å². The Kier molecular flexibility index (Phi) is 5.33. The van der Waals surface area contributed by atoms with Crippen molar-refractivity contribution in [3.05, 3.63) is 41.5 Å². The molecule has 0 amide bonds. The molecule has 2 atom stereocenters. The summed E-state index contributed by atoms with van der Waals surface area (Å²) in [5, 5.41) is 6.94. The normalized spacial score (nSPS) is 21.0. The monoisotopic (exact) mass is 343 g/mol. The summed E-state index contributed by atoms with van der Waals surface area (Å²) in [5.74, 6) is 2.02. The number of nitrogens with one attached hydrogen (secondary N) is 1. The Morgan fingerprint density at radius 1 is 1.40 bits per heavy atom. The molecule has 0 radical (unpaired) electrons. The highest BCUT2D eigenvalue weighted by Crippen LogP contribution is 2.31. The lowest BCUT2D eigenvalue weighted by Crippen LogP contribution is -2.24. The van der Waals surface area contributed by atoms with Gasteiger partial charge in [-0.15, -0.1) is 0 Å². The summed E-state index contributed by atoms with van der Waals surface area (Å²) < 4.78 is 11.1. The molecular formula is C18H25N5O2. The van der Waals surface area contributed by atoms with Crippen LogP contribution in [0.25, 0.3) is 0 Å². The minimum atomic E-state index is -0.140. The molecule has 1 saturated heterocycles. The average molecular weight is 343 g/mol. The molecule has 25 heavy (non-hydrogen) atoms. The van der Waals surface area contributed by atoms with E-state index in [1.165, 1.54) is 5.56 Å². The second kappa shape index (κ2) is 7.65. The summed E-state index contributed by atoms with van der Waals surface area (Å²) in [6.45, 7) is 6.63. The largest absolute Gasteiger partial charge is 0.370 e. The minimum Gasteiger partial charge on any atom is -0.370 e. The summed E-state index contributed by atoms with van der Waals surface area (Å²) in [6.07, 6.45) is 1.62. The van der Waals surface area contributed by atoms with Gasteiger partial charge in [-0.05, 0) is 43.4 Å². The lowest BCUT2D eigenvalue weighted by atomic mass is 10.0. The van der Waals surface area contributed by atoms with E-state index < -0.39 is 0 Å². The predicted octanol–water partition coefficient (Wildman–Crippen LogP) is 3.15. The van der Waals surface area contributed by atoms with Crippen molar-refractivity contribution >= 4 is 11.6 Å². The Hall–Kier alpha value is -2.41. The second-order valence-electron chi connectivity index (χ2n) is 6.64. The SMILES string of the molecule is Cc1noc([C@@H]2CC[C@H](CN=C(N)Nc3cccc(C(C)C)c3)O2)n1. The first-order chi connectivity index (χ1) is 12.0. The highest BCUT2D eigenvalue weighted by molar-refractivity contribution is 5.92. The van der Waals surface area contributed by atoms with Gasteiger partial charge >= 0.3 is 0 Å². The van der Waals surface area contributed by atoms with Gasteiger partial charge in [0.1, 0.15) is 6.10 Å². The number of hydrogen-bond acceptors (Lipinski definition) is 5. The van der Waals surface area contributed by atoms with Crippen LogP contribution in [0.15, 0.2) is 33.8 Å². The highest BCUT2D eigenvalue weighted by atomic mass is 16.5. The van der Waals surface area contributed by atoms with Gasteiger partial charge in [-0.1, -0.05) is 31.1 Å². The molecule has 1 aliphatic heterocycles. The van der Waals surface area contributed by atoms with Crippen molar-refractivity contribution in [1.29, 1.82) is 0 Å². The van der Waals surface area contributed by atoms with Gasteiger partial charge in [-0.2, -0.15) is 4.98 Å². The number of nitrogens with zero attached hydrogens (tertiary/aromatic N) is 3. The molecule has 2 heterocycles. The number of guanidine groups is 1. The van der Waals surface area contributed by atoms with Crippen molar-refractivity contribution in [3.63, 3.8) is 0 Å². The number of aryl methyl sites for hydroxylation is 1. The lowest BCUT2D eigenvalue weighted by molar-refractivity contribution is 0.0309. The Labute approximate surface area is 147 Å². The van der Waals surface area contributed by atoms with Crippen LogP contribution in [0, 0.1) is 6.92 Å². The molecule has 3 rings (SSSR count). The van der Waals surface area contributed by atoms with Crippen molar-refractivity contribution in [3.8, 4) is 0 Å². The van der Waals surface area contributed by atoms with Crippen molar-refractivity contribution in [1.82, 2.24) is 10.1 Å². The van der Waals surface area contributed by atoms with Crippen LogP contribution in [0.4, 0.5) is 5.69 Å². The summed E-state index contributed by atoms with van der Waals surface area (Å²) >= 11 is 0. The van der Waals surface area contributed by atoms with Gasteiger partial charge in [0, 0.05) is 5.69 Å². The summed E-state index contributed by atoms with van der Waals surface area (Å²) in [5.41, 5.74) is 8.20. The van der Waals surface area contributed by atoms with Crippen LogP contribution < -0.4 is 11.1 Å². The number of hydrogen-bond donors (Lipinski definition) is 2. The minimum absolute atomic E-state index is 0.0135. The van der Waals surface area contributed by atoms with E-state index >= 15 is 0 Å². The van der Waals surface area contributed by atoms with Gasteiger partial charge in [-0.25, -0.2) is 0 Å². The molecule has 7 heteroatoms. The third-order valence-corrected chi connectivity index (χ3v) is 4.22. The first kappa shape index (κ1) is 17.4. The topological polar surface area (TPSA) is 98.6 Å². The first-order valence-electron chi connectivity index (χ1n) is 8.64. The zero-order valence-electron chi connectivity index (χ0n) is 14.9. The first-order valence-corrected chi connectivity index (χ1v) is 8.64. The van der Waals surface area contributed by atoms with Crippen LogP contribution in [0.2, 0.25) is 0 Å². The third kappa shape index (κ3) is 4.57. The van der Waals surface area contributed by atoms with Crippen LogP contribution in [0.5, 0.6) is 0 Å². The summed E-state index contributed by atoms with van der Waals surface area (Å²) in [7, 11) is 0. The highest BCUT2D eigenvalue weighted by Gasteiger charge is 2.30. The third-order valence-electron chi connectivity index (χ3n) is 4.22. The predicted molar refractivity (Wildman–Crippen MR) is 96.5 cm³/mol. The maximum Gasteiger partial charge on any atom is 0.255 e. The van der Waals surface area contributed by atoms with E-state index in [-0.39, 0.29) is 12.2 Å². The van der Waals surface area contributed by atoms with Crippen molar-refractivity contribution in [2.45, 2.75) is 51.7 Å². The van der Waals surface area contributed by atoms with Crippen molar-refractivity contribution in [2.75, 3.05) is 11.9 Å². The Bertz CT molecular complexity index is 741. The van der Waals surface area contributed by atoms with E-state index in [4.69, 9.17) is 15.0 Å². The molecule has 134 valence electrons. The molecule has 1 aromatic carbocycles. The molecular weight excluding hydrogens is 318 g/mol. The zero-order chi connectivity index (χ0) is 17.8. The molecule has 0 bridgehead atoms. The van der Waals surface area contributed by atoms with Crippen LogP contribution >= 0.6 is 0 Å². The zero-order valence-corrected chi connectivity index (χ0v) is 14.9. The molecule has 1 aromatic heterocycles. The number of nitrogens with two attached hydrogens (primary N) is 1. The molecule has 1 aliphatic rings. The summed E-state index contributed by atoms with van der Waals surface area (Å²) in [4.78, 5) is 8.63. The van der Waals surface area contributed by atoms with Gasteiger partial charge in [0.05, 0.1) is 12.6 Å². The van der Waals surface area contributed by atoms with Gasteiger partial charge in [0.25, 0.3) is 5.89 Å². The fourth-order valence-electron chi connectivity index (χ4n) is 2.83. The number of ether oxygens (including phenoxy) is 1. The number of benzene rings is 1. The van der Waals surface area contributed by atoms with Crippen molar-refractivity contribution in [2.24, 2.45) is 10.7 Å².